The number of ether oxygens (including phenoxy) is 2. The van der Waals surface area contributed by atoms with Crippen LogP contribution >= 0.6 is 0 Å². The average Bonchev–Trinajstić information content (AvgIpc) is 2.90. The Morgan fingerprint density at radius 3 is 2.82 bits per heavy atom. The normalized spacial score (nSPS) is 29.3. The second-order valence-electron chi connectivity index (χ2n) is 10.8. The smallest absolute Gasteiger partial charge is 0.251 e. The van der Waals surface area contributed by atoms with Crippen LogP contribution in [0.15, 0.2) is 47.5 Å². The summed E-state index contributed by atoms with van der Waals surface area (Å²) in [6, 6.07) is 11.0. The number of hydrogen-bond donors (Lipinski definition) is 2. The molecular formula is C30H34N4O4. The van der Waals surface area contributed by atoms with Gasteiger partial charge in [0.25, 0.3) is 5.91 Å². The van der Waals surface area contributed by atoms with Crippen LogP contribution in [-0.2, 0) is 4.79 Å². The number of amides is 2. The highest BCUT2D eigenvalue weighted by Crippen LogP contribution is 2.41. The van der Waals surface area contributed by atoms with Crippen LogP contribution in [0.5, 0.6) is 11.5 Å². The number of carbonyl (C=O) groups excluding carboxylic acids is 2. The fourth-order valence-electron chi connectivity index (χ4n) is 6.20. The van der Waals surface area contributed by atoms with Gasteiger partial charge in [0.05, 0.1) is 36.8 Å². The summed E-state index contributed by atoms with van der Waals surface area (Å²) in [6.07, 6.45) is 7.99. The predicted molar refractivity (Wildman–Crippen MR) is 145 cm³/mol. The summed E-state index contributed by atoms with van der Waals surface area (Å²) < 4.78 is 12.0. The van der Waals surface area contributed by atoms with Crippen molar-refractivity contribution in [3.63, 3.8) is 0 Å². The number of guanidine groups is 1. The molecule has 0 fully saturated rings. The van der Waals surface area contributed by atoms with Crippen molar-refractivity contribution in [2.24, 2.45) is 10.7 Å². The van der Waals surface area contributed by atoms with Crippen molar-refractivity contribution in [1.82, 2.24) is 10.2 Å². The predicted octanol–water partition coefficient (Wildman–Crippen LogP) is 4.66. The SMILES string of the molecule is CC[C@@]12CC/C=C/c3ccc4c(c3)[C@H](C[C@@H](C)O4)NC(=O)c3ccc4c(c3)[C@@H](CCO4)N(C(=O)C1)C(N)=N2. The average molecular weight is 515 g/mol. The van der Waals surface area contributed by atoms with Gasteiger partial charge in [-0.2, -0.15) is 0 Å². The van der Waals surface area contributed by atoms with Gasteiger partial charge in [-0.15, -0.1) is 0 Å². The van der Waals surface area contributed by atoms with Crippen molar-refractivity contribution < 1.29 is 19.1 Å². The van der Waals surface area contributed by atoms with Gasteiger partial charge in [0.1, 0.15) is 11.5 Å². The monoisotopic (exact) mass is 514 g/mol. The lowest BCUT2D eigenvalue weighted by Crippen LogP contribution is -2.53. The van der Waals surface area contributed by atoms with Crippen molar-refractivity contribution in [1.29, 1.82) is 0 Å². The van der Waals surface area contributed by atoms with E-state index in [0.717, 1.165) is 41.7 Å². The summed E-state index contributed by atoms with van der Waals surface area (Å²) in [6.45, 7) is 4.54. The zero-order valence-electron chi connectivity index (χ0n) is 21.9. The van der Waals surface area contributed by atoms with E-state index in [9.17, 15) is 9.59 Å². The van der Waals surface area contributed by atoms with Crippen LogP contribution in [0.4, 0.5) is 0 Å². The third-order valence-electron chi connectivity index (χ3n) is 8.29. The van der Waals surface area contributed by atoms with Crippen molar-refractivity contribution in [3.8, 4) is 11.5 Å². The van der Waals surface area contributed by atoms with Crippen LogP contribution in [-0.4, -0.2) is 40.9 Å². The van der Waals surface area contributed by atoms with Crippen LogP contribution in [0.25, 0.3) is 6.08 Å². The number of carbonyl (C=O) groups is 2. The lowest BCUT2D eigenvalue weighted by Gasteiger charge is -2.42. The molecule has 0 spiro atoms. The summed E-state index contributed by atoms with van der Waals surface area (Å²) in [5, 5.41) is 3.23. The maximum atomic E-state index is 13.6. The summed E-state index contributed by atoms with van der Waals surface area (Å²) in [5.74, 6) is 1.50. The minimum atomic E-state index is -0.520. The molecule has 0 unspecified atom stereocenters. The molecule has 0 saturated carbocycles. The number of nitrogens with one attached hydrogen (secondary N) is 1. The fourth-order valence-corrected chi connectivity index (χ4v) is 6.20. The Kier molecular flexibility index (Phi) is 6.13. The quantitative estimate of drug-likeness (QED) is 0.576. The molecule has 8 nitrogen and oxygen atoms in total. The van der Waals surface area contributed by atoms with Gasteiger partial charge in [-0.3, -0.25) is 14.5 Å². The molecule has 5 aliphatic rings. The molecule has 2 aromatic rings. The Morgan fingerprint density at radius 2 is 2.00 bits per heavy atom. The Hall–Kier alpha value is -3.81. The molecule has 0 saturated heterocycles. The van der Waals surface area contributed by atoms with Crippen LogP contribution in [0.3, 0.4) is 0 Å². The molecule has 38 heavy (non-hydrogen) atoms. The molecule has 8 heteroatoms. The Labute approximate surface area is 222 Å². The summed E-state index contributed by atoms with van der Waals surface area (Å²) in [4.78, 5) is 33.7. The highest BCUT2D eigenvalue weighted by Gasteiger charge is 2.42. The van der Waals surface area contributed by atoms with Crippen molar-refractivity contribution in [2.75, 3.05) is 6.61 Å². The van der Waals surface area contributed by atoms with Crippen LogP contribution in [0.1, 0.15) is 91.5 Å². The summed E-state index contributed by atoms with van der Waals surface area (Å²) in [5.41, 5.74) is 9.31. The molecule has 2 amide bonds. The zero-order valence-corrected chi connectivity index (χ0v) is 21.9. The van der Waals surface area contributed by atoms with Crippen molar-refractivity contribution in [2.45, 2.75) is 76.1 Å². The topological polar surface area (TPSA) is 106 Å². The zero-order chi connectivity index (χ0) is 26.4. The standard InChI is InChI=1S/C30H34N4O4/c1-3-30-12-5-4-6-19-7-9-26-21(15-19)23(14-18(2)38-26)32-28(36)20-8-10-25-22(16-20)24(11-13-37-25)34(27(35)17-30)29(31)33-30/h4,6-10,15-16,18,23-24H,3,5,11-14,17H2,1-2H3,(H2,31,33)(H,32,36)/b6-4+/t18-,23+,24-,30-/m1/s1. The largest absolute Gasteiger partial charge is 0.493 e. The Balaban J connectivity index is 1.46. The van der Waals surface area contributed by atoms with Gasteiger partial charge >= 0.3 is 0 Å². The number of benzene rings is 2. The number of allylic oxidation sites excluding steroid dienone is 1. The van der Waals surface area contributed by atoms with E-state index >= 15 is 0 Å². The van der Waals surface area contributed by atoms with Gasteiger partial charge in [-0.25, -0.2) is 4.99 Å². The minimum Gasteiger partial charge on any atom is -0.493 e. The van der Waals surface area contributed by atoms with E-state index in [4.69, 9.17) is 20.2 Å². The number of rotatable bonds is 1. The van der Waals surface area contributed by atoms with Gasteiger partial charge in [-0.1, -0.05) is 25.1 Å². The first-order valence-electron chi connectivity index (χ1n) is 13.6. The van der Waals surface area contributed by atoms with Crippen LogP contribution in [0.2, 0.25) is 0 Å². The van der Waals surface area contributed by atoms with E-state index in [1.807, 2.05) is 31.2 Å². The van der Waals surface area contributed by atoms with Crippen molar-refractivity contribution >= 4 is 23.8 Å². The first-order chi connectivity index (χ1) is 18.4. The van der Waals surface area contributed by atoms with E-state index in [-0.39, 0.29) is 36.0 Å². The number of nitrogens with zero attached hydrogens (tertiary/aromatic N) is 2. The van der Waals surface area contributed by atoms with Gasteiger partial charge in [0.15, 0.2) is 5.96 Å². The van der Waals surface area contributed by atoms with Gasteiger partial charge in [0.2, 0.25) is 5.91 Å². The molecule has 0 radical (unpaired) electrons. The van der Waals surface area contributed by atoms with Gasteiger partial charge in [-0.05, 0) is 62.1 Å². The number of nitrogens with two attached hydrogens (primary N) is 1. The fraction of sp³-hybridized carbons (Fsp3) is 0.433. The molecule has 4 atom stereocenters. The highest BCUT2D eigenvalue weighted by molar-refractivity contribution is 6.00. The number of hydrogen-bond acceptors (Lipinski definition) is 6. The van der Waals surface area contributed by atoms with E-state index < -0.39 is 5.54 Å². The Morgan fingerprint density at radius 1 is 1.16 bits per heavy atom. The third-order valence-corrected chi connectivity index (χ3v) is 8.29. The maximum absolute atomic E-state index is 13.6. The second-order valence-corrected chi connectivity index (χ2v) is 10.8. The molecule has 0 aliphatic carbocycles. The molecule has 5 heterocycles. The number of fused-ring (bicyclic) bond motifs is 4. The second kappa shape index (κ2) is 9.49. The first kappa shape index (κ1) is 24.5. The first-order valence-corrected chi connectivity index (χ1v) is 13.6. The van der Waals surface area contributed by atoms with Gasteiger partial charge < -0.3 is 20.5 Å². The van der Waals surface area contributed by atoms with E-state index in [1.54, 1.807) is 11.0 Å². The van der Waals surface area contributed by atoms with Crippen molar-refractivity contribution in [3.05, 3.63) is 64.7 Å². The van der Waals surface area contributed by atoms with Crippen LogP contribution < -0.4 is 20.5 Å². The lowest BCUT2D eigenvalue weighted by molar-refractivity contribution is -0.132. The number of aliphatic imine (C=N–C) groups is 1. The van der Waals surface area contributed by atoms with E-state index in [0.29, 0.717) is 37.2 Å². The summed E-state index contributed by atoms with van der Waals surface area (Å²) >= 11 is 0. The lowest BCUT2D eigenvalue weighted by atomic mass is 9.84. The molecule has 2 aromatic carbocycles. The molecular weight excluding hydrogens is 480 g/mol. The molecule has 0 aromatic heterocycles. The summed E-state index contributed by atoms with van der Waals surface area (Å²) in [7, 11) is 0. The Bertz CT molecular complexity index is 1350. The molecule has 6 bridgehead atoms. The molecule has 198 valence electrons. The maximum Gasteiger partial charge on any atom is 0.251 e. The van der Waals surface area contributed by atoms with E-state index in [1.165, 1.54) is 0 Å². The molecule has 7 rings (SSSR count). The third kappa shape index (κ3) is 4.31. The molecule has 3 N–H and O–H groups in total. The highest BCUT2D eigenvalue weighted by atomic mass is 16.5. The molecule has 5 aliphatic heterocycles. The van der Waals surface area contributed by atoms with Crippen LogP contribution in [0, 0.1) is 0 Å². The van der Waals surface area contributed by atoms with Gasteiger partial charge in [0, 0.05) is 29.5 Å². The minimum absolute atomic E-state index is 0.0183. The van der Waals surface area contributed by atoms with E-state index in [2.05, 4.69) is 30.5 Å².